The van der Waals surface area contributed by atoms with Gasteiger partial charge in [-0.3, -0.25) is 4.68 Å². The summed E-state index contributed by atoms with van der Waals surface area (Å²) in [5.74, 6) is 0. The molecule has 0 aliphatic heterocycles. The van der Waals surface area contributed by atoms with E-state index in [2.05, 4.69) is 21.2 Å². The Morgan fingerprint density at radius 2 is 1.71 bits per heavy atom. The van der Waals surface area contributed by atoms with Crippen LogP contribution in [0.1, 0.15) is 55.0 Å². The van der Waals surface area contributed by atoms with E-state index in [0.29, 0.717) is 0 Å². The number of fused-ring (bicyclic) bond motifs is 2. The van der Waals surface area contributed by atoms with Crippen molar-refractivity contribution in [1.82, 2.24) is 14.5 Å². The fourth-order valence-corrected chi connectivity index (χ4v) is 4.87. The van der Waals surface area contributed by atoms with Gasteiger partial charge in [0, 0.05) is 17.9 Å². The van der Waals surface area contributed by atoms with E-state index in [4.69, 9.17) is 0 Å². The van der Waals surface area contributed by atoms with Crippen molar-refractivity contribution in [3.63, 3.8) is 0 Å². The van der Waals surface area contributed by atoms with Gasteiger partial charge in [-0.1, -0.05) is 6.07 Å². The molecule has 0 saturated carbocycles. The molecule has 2 aliphatic rings. The number of benzene rings is 1. The molecular formula is C19H25N4NaO3S. The van der Waals surface area contributed by atoms with Crippen LogP contribution in [0.4, 0.5) is 10.5 Å². The van der Waals surface area contributed by atoms with Crippen molar-refractivity contribution < 1.29 is 13.2 Å². The topological polar surface area (TPSA) is 93.1 Å². The monoisotopic (exact) mass is 412 g/mol. The molecule has 7 nitrogen and oxygen atoms in total. The van der Waals surface area contributed by atoms with E-state index in [-0.39, 0.29) is 40.6 Å². The van der Waals surface area contributed by atoms with Gasteiger partial charge in [0.2, 0.25) is 0 Å². The first-order valence-corrected chi connectivity index (χ1v) is 10.9. The average molecular weight is 412 g/mol. The van der Waals surface area contributed by atoms with E-state index in [1.165, 1.54) is 17.2 Å². The first-order chi connectivity index (χ1) is 12.8. The first-order valence-electron chi connectivity index (χ1n) is 9.40. The summed E-state index contributed by atoms with van der Waals surface area (Å²) < 4.78 is 28.6. The van der Waals surface area contributed by atoms with Crippen molar-refractivity contribution in [1.29, 1.82) is 0 Å². The Hall–Kier alpha value is -1.35. The molecule has 9 heteroatoms. The normalized spacial score (nSPS) is 15.1. The van der Waals surface area contributed by atoms with Crippen molar-refractivity contribution in [2.75, 3.05) is 5.32 Å². The molecule has 0 saturated heterocycles. The van der Waals surface area contributed by atoms with Crippen LogP contribution in [-0.4, -0.2) is 53.8 Å². The van der Waals surface area contributed by atoms with Crippen molar-refractivity contribution in [3.8, 4) is 0 Å². The van der Waals surface area contributed by atoms with Gasteiger partial charge in [-0.25, -0.2) is 9.52 Å². The molecule has 2 aliphatic carbocycles. The number of rotatable bonds is 4. The molecule has 0 atom stereocenters. The van der Waals surface area contributed by atoms with Crippen LogP contribution in [0.2, 0.25) is 0 Å². The molecule has 0 bridgehead atoms. The fourth-order valence-electron chi connectivity index (χ4n) is 4.03. The number of hydrogen-bond acceptors (Lipinski definition) is 4. The molecule has 2 N–H and O–H groups in total. The second-order valence-electron chi connectivity index (χ2n) is 7.52. The number of amides is 2. The van der Waals surface area contributed by atoms with Gasteiger partial charge in [0.25, 0.3) is 10.0 Å². The summed E-state index contributed by atoms with van der Waals surface area (Å²) >= 11 is 0. The SMILES string of the molecule is CC(C)n1ccc(S(=O)(=O)NC(=O)Nc2c3c(cc4c2CCC4)CCC3)n1.[NaH]. The van der Waals surface area contributed by atoms with E-state index >= 15 is 0 Å². The van der Waals surface area contributed by atoms with Gasteiger partial charge in [0.15, 0.2) is 5.03 Å². The zero-order valence-electron chi connectivity index (χ0n) is 15.6. The number of aryl methyl sites for hydroxylation is 2. The summed E-state index contributed by atoms with van der Waals surface area (Å²) in [6.45, 7) is 3.81. The Kier molecular flexibility index (Phi) is 6.24. The summed E-state index contributed by atoms with van der Waals surface area (Å²) in [6, 6.07) is 2.97. The zero-order valence-corrected chi connectivity index (χ0v) is 16.4. The average Bonchev–Trinajstić information content (AvgIpc) is 3.34. The van der Waals surface area contributed by atoms with Gasteiger partial charge in [-0.05, 0) is 80.7 Å². The molecule has 0 unspecified atom stereocenters. The van der Waals surface area contributed by atoms with Crippen LogP contribution in [0.3, 0.4) is 0 Å². The molecular weight excluding hydrogens is 387 g/mol. The minimum atomic E-state index is -4.01. The van der Waals surface area contributed by atoms with Gasteiger partial charge in [0.05, 0.1) is 0 Å². The molecule has 28 heavy (non-hydrogen) atoms. The van der Waals surface area contributed by atoms with Crippen LogP contribution >= 0.6 is 0 Å². The quantitative estimate of drug-likeness (QED) is 0.754. The molecule has 146 valence electrons. The number of carbonyl (C=O) groups is 1. The second-order valence-corrected chi connectivity index (χ2v) is 9.15. The summed E-state index contributed by atoms with van der Waals surface area (Å²) in [6.07, 6.45) is 7.61. The number of nitrogens with zero attached hydrogens (tertiary/aromatic N) is 2. The van der Waals surface area contributed by atoms with Crippen molar-refractivity contribution in [2.24, 2.45) is 0 Å². The Morgan fingerprint density at radius 3 is 2.25 bits per heavy atom. The first kappa shape index (κ1) is 21.4. The van der Waals surface area contributed by atoms with Crippen LogP contribution in [0.5, 0.6) is 0 Å². The fraction of sp³-hybridized carbons (Fsp3) is 0.474. The number of hydrogen-bond donors (Lipinski definition) is 2. The van der Waals surface area contributed by atoms with Gasteiger partial charge in [-0.15, -0.1) is 0 Å². The predicted octanol–water partition coefficient (Wildman–Crippen LogP) is 2.30. The number of nitrogens with one attached hydrogen (secondary N) is 2. The standard InChI is InChI=1S/C19H24N4O3S.Na.H/c1-12(2)23-10-9-17(21-23)27(25,26)22-19(24)20-18-15-7-3-5-13(15)11-14-6-4-8-16(14)18;;/h9-12H,3-8H2,1-2H3,(H2,20,22,24);;. The van der Waals surface area contributed by atoms with E-state index in [0.717, 1.165) is 55.3 Å². The third-order valence-corrected chi connectivity index (χ3v) is 6.55. The van der Waals surface area contributed by atoms with Crippen LogP contribution in [-0.2, 0) is 35.7 Å². The maximum absolute atomic E-state index is 12.5. The third-order valence-electron chi connectivity index (χ3n) is 5.33. The molecule has 2 amide bonds. The minimum absolute atomic E-state index is 0. The van der Waals surface area contributed by atoms with Crippen molar-refractivity contribution in [2.45, 2.75) is 63.4 Å². The number of carbonyl (C=O) groups excluding carboxylic acids is 1. The van der Waals surface area contributed by atoms with Gasteiger partial charge < -0.3 is 5.32 Å². The summed E-state index contributed by atoms with van der Waals surface area (Å²) in [5, 5.41) is 6.72. The molecule has 4 rings (SSSR count). The molecule has 1 aromatic heterocycles. The van der Waals surface area contributed by atoms with Crippen molar-refractivity contribution in [3.05, 3.63) is 40.6 Å². The summed E-state index contributed by atoms with van der Waals surface area (Å²) in [5.41, 5.74) is 5.70. The second kappa shape index (κ2) is 8.18. The van der Waals surface area contributed by atoms with Crippen LogP contribution < -0.4 is 10.0 Å². The number of sulfonamides is 1. The van der Waals surface area contributed by atoms with Crippen molar-refractivity contribution >= 4 is 51.3 Å². The number of urea groups is 1. The van der Waals surface area contributed by atoms with Crippen LogP contribution in [0.15, 0.2) is 23.4 Å². The van der Waals surface area contributed by atoms with E-state index in [9.17, 15) is 13.2 Å². The summed E-state index contributed by atoms with van der Waals surface area (Å²) in [7, 11) is -4.01. The number of aromatic nitrogens is 2. The van der Waals surface area contributed by atoms with E-state index < -0.39 is 16.1 Å². The summed E-state index contributed by atoms with van der Waals surface area (Å²) in [4.78, 5) is 12.5. The van der Waals surface area contributed by atoms with Gasteiger partial charge in [0.1, 0.15) is 0 Å². The maximum atomic E-state index is 12.5. The predicted molar refractivity (Wildman–Crippen MR) is 110 cm³/mol. The van der Waals surface area contributed by atoms with Gasteiger partial charge >= 0.3 is 35.6 Å². The zero-order chi connectivity index (χ0) is 19.2. The van der Waals surface area contributed by atoms with Gasteiger partial charge in [-0.2, -0.15) is 13.5 Å². The van der Waals surface area contributed by atoms with Crippen LogP contribution in [0.25, 0.3) is 0 Å². The molecule has 0 radical (unpaired) electrons. The third kappa shape index (κ3) is 4.01. The molecule has 0 fully saturated rings. The molecule has 1 aromatic carbocycles. The Morgan fingerprint density at radius 1 is 1.11 bits per heavy atom. The Bertz CT molecular complexity index is 982. The molecule has 1 heterocycles. The Labute approximate surface area is 187 Å². The van der Waals surface area contributed by atoms with Crippen LogP contribution in [0, 0.1) is 0 Å². The van der Waals surface area contributed by atoms with E-state index in [1.807, 2.05) is 13.8 Å². The van der Waals surface area contributed by atoms with E-state index in [1.54, 1.807) is 10.9 Å². The molecule has 2 aromatic rings. The molecule has 0 spiro atoms. The Balaban J connectivity index is 0.00000225. The number of anilines is 1.